The van der Waals surface area contributed by atoms with E-state index in [1.807, 2.05) is 39.0 Å². The van der Waals surface area contributed by atoms with E-state index >= 15 is 0 Å². The predicted molar refractivity (Wildman–Crippen MR) is 107 cm³/mol. The molecule has 1 unspecified atom stereocenters. The van der Waals surface area contributed by atoms with Crippen molar-refractivity contribution in [2.75, 3.05) is 26.2 Å². The SMILES string of the molecule is CCNC(=NCCCOC(C)c1ccccc1)NCCC(=O)NC(C)C. The second kappa shape index (κ2) is 13.2. The van der Waals surface area contributed by atoms with Gasteiger partial charge >= 0.3 is 0 Å². The van der Waals surface area contributed by atoms with Crippen molar-refractivity contribution in [1.82, 2.24) is 16.0 Å². The number of nitrogens with zero attached hydrogens (tertiary/aromatic N) is 1. The normalized spacial score (nSPS) is 12.7. The van der Waals surface area contributed by atoms with Crippen LogP contribution in [0.4, 0.5) is 0 Å². The van der Waals surface area contributed by atoms with Gasteiger partial charge in [-0.2, -0.15) is 0 Å². The van der Waals surface area contributed by atoms with Crippen LogP contribution < -0.4 is 16.0 Å². The molecule has 0 aliphatic carbocycles. The molecule has 1 atom stereocenters. The first kappa shape index (κ1) is 22.0. The molecular formula is C20H34N4O2. The van der Waals surface area contributed by atoms with Crippen LogP contribution in [0.25, 0.3) is 0 Å². The number of ether oxygens (including phenoxy) is 1. The Labute approximate surface area is 157 Å². The molecule has 0 spiro atoms. The van der Waals surface area contributed by atoms with Gasteiger partial charge in [-0.1, -0.05) is 30.3 Å². The van der Waals surface area contributed by atoms with E-state index in [0.717, 1.165) is 18.9 Å². The molecule has 6 nitrogen and oxygen atoms in total. The number of carbonyl (C=O) groups excluding carboxylic acids is 1. The Hall–Kier alpha value is -2.08. The largest absolute Gasteiger partial charge is 0.374 e. The highest BCUT2D eigenvalue weighted by Gasteiger charge is 2.05. The molecule has 1 aromatic carbocycles. The molecule has 0 bridgehead atoms. The number of rotatable bonds is 11. The molecule has 0 radical (unpaired) electrons. The Morgan fingerprint density at radius 1 is 1.15 bits per heavy atom. The third kappa shape index (κ3) is 10.0. The van der Waals surface area contributed by atoms with E-state index in [0.29, 0.717) is 26.1 Å². The van der Waals surface area contributed by atoms with Gasteiger partial charge < -0.3 is 20.7 Å². The van der Waals surface area contributed by atoms with Crippen molar-refractivity contribution in [2.45, 2.75) is 52.7 Å². The summed E-state index contributed by atoms with van der Waals surface area (Å²) in [4.78, 5) is 16.2. The summed E-state index contributed by atoms with van der Waals surface area (Å²) in [6.07, 6.45) is 1.37. The Bertz CT molecular complexity index is 532. The van der Waals surface area contributed by atoms with E-state index in [1.54, 1.807) is 0 Å². The van der Waals surface area contributed by atoms with Gasteiger partial charge in [0.1, 0.15) is 0 Å². The van der Waals surface area contributed by atoms with Crippen molar-refractivity contribution >= 4 is 11.9 Å². The second-order valence-corrected chi connectivity index (χ2v) is 6.44. The summed E-state index contributed by atoms with van der Waals surface area (Å²) in [7, 11) is 0. The third-order valence-corrected chi connectivity index (χ3v) is 3.65. The molecule has 0 fully saturated rings. The van der Waals surface area contributed by atoms with Crippen LogP contribution in [0, 0.1) is 0 Å². The predicted octanol–water partition coefficient (Wildman–Crippen LogP) is 2.62. The number of amides is 1. The minimum atomic E-state index is 0.0478. The van der Waals surface area contributed by atoms with Gasteiger partial charge in [0.15, 0.2) is 5.96 Å². The highest BCUT2D eigenvalue weighted by molar-refractivity contribution is 5.81. The maximum atomic E-state index is 11.6. The summed E-state index contributed by atoms with van der Waals surface area (Å²) >= 11 is 0. The lowest BCUT2D eigenvalue weighted by Crippen LogP contribution is -2.40. The smallest absolute Gasteiger partial charge is 0.221 e. The lowest BCUT2D eigenvalue weighted by molar-refractivity contribution is -0.121. The van der Waals surface area contributed by atoms with E-state index in [2.05, 4.69) is 40.0 Å². The van der Waals surface area contributed by atoms with Crippen LogP contribution in [0.15, 0.2) is 35.3 Å². The first-order valence-electron chi connectivity index (χ1n) is 9.51. The first-order chi connectivity index (χ1) is 12.5. The average Bonchev–Trinajstić information content (AvgIpc) is 2.61. The van der Waals surface area contributed by atoms with E-state index in [1.165, 1.54) is 5.56 Å². The number of nitrogens with one attached hydrogen (secondary N) is 3. The van der Waals surface area contributed by atoms with Crippen molar-refractivity contribution in [3.05, 3.63) is 35.9 Å². The fourth-order valence-corrected chi connectivity index (χ4v) is 2.37. The molecule has 0 aromatic heterocycles. The van der Waals surface area contributed by atoms with Crippen LogP contribution >= 0.6 is 0 Å². The molecule has 1 amide bonds. The zero-order valence-corrected chi connectivity index (χ0v) is 16.5. The molecule has 3 N–H and O–H groups in total. The fourth-order valence-electron chi connectivity index (χ4n) is 2.37. The zero-order valence-electron chi connectivity index (χ0n) is 16.5. The topological polar surface area (TPSA) is 74.8 Å². The van der Waals surface area contributed by atoms with Gasteiger partial charge in [0, 0.05) is 38.7 Å². The Morgan fingerprint density at radius 3 is 2.54 bits per heavy atom. The van der Waals surface area contributed by atoms with E-state index in [9.17, 15) is 4.79 Å². The van der Waals surface area contributed by atoms with E-state index < -0.39 is 0 Å². The van der Waals surface area contributed by atoms with Crippen molar-refractivity contribution in [2.24, 2.45) is 4.99 Å². The number of hydrogen-bond donors (Lipinski definition) is 3. The number of hydrogen-bond acceptors (Lipinski definition) is 3. The van der Waals surface area contributed by atoms with E-state index in [4.69, 9.17) is 4.74 Å². The fraction of sp³-hybridized carbons (Fsp3) is 0.600. The van der Waals surface area contributed by atoms with Gasteiger partial charge in [-0.15, -0.1) is 0 Å². The summed E-state index contributed by atoms with van der Waals surface area (Å²) in [5.41, 5.74) is 1.19. The molecule has 146 valence electrons. The molecule has 6 heteroatoms. The Morgan fingerprint density at radius 2 is 1.88 bits per heavy atom. The summed E-state index contributed by atoms with van der Waals surface area (Å²) in [5.74, 6) is 0.785. The highest BCUT2D eigenvalue weighted by Crippen LogP contribution is 2.15. The lowest BCUT2D eigenvalue weighted by atomic mass is 10.1. The number of benzene rings is 1. The van der Waals surface area contributed by atoms with Gasteiger partial charge in [-0.3, -0.25) is 9.79 Å². The zero-order chi connectivity index (χ0) is 19.2. The Balaban J connectivity index is 2.25. The number of guanidine groups is 1. The maximum absolute atomic E-state index is 11.6. The van der Waals surface area contributed by atoms with Crippen molar-refractivity contribution < 1.29 is 9.53 Å². The molecule has 1 rings (SSSR count). The average molecular weight is 363 g/mol. The molecule has 0 heterocycles. The van der Waals surface area contributed by atoms with Crippen LogP contribution in [0.1, 0.15) is 52.2 Å². The van der Waals surface area contributed by atoms with Crippen LogP contribution in [0.2, 0.25) is 0 Å². The van der Waals surface area contributed by atoms with Crippen molar-refractivity contribution in [3.8, 4) is 0 Å². The van der Waals surface area contributed by atoms with Gasteiger partial charge in [-0.05, 0) is 39.7 Å². The summed E-state index contributed by atoms with van der Waals surface area (Å²) < 4.78 is 5.86. The molecule has 26 heavy (non-hydrogen) atoms. The third-order valence-electron chi connectivity index (χ3n) is 3.65. The van der Waals surface area contributed by atoms with Gasteiger partial charge in [0.2, 0.25) is 5.91 Å². The summed E-state index contributed by atoms with van der Waals surface area (Å²) in [5, 5.41) is 9.25. The monoisotopic (exact) mass is 362 g/mol. The molecule has 1 aromatic rings. The molecule has 0 saturated heterocycles. The van der Waals surface area contributed by atoms with E-state index in [-0.39, 0.29) is 18.1 Å². The van der Waals surface area contributed by atoms with Crippen LogP contribution in [0.5, 0.6) is 0 Å². The second-order valence-electron chi connectivity index (χ2n) is 6.44. The van der Waals surface area contributed by atoms with Gasteiger partial charge in [0.25, 0.3) is 0 Å². The van der Waals surface area contributed by atoms with Gasteiger partial charge in [-0.25, -0.2) is 0 Å². The number of carbonyl (C=O) groups is 1. The maximum Gasteiger partial charge on any atom is 0.221 e. The van der Waals surface area contributed by atoms with Crippen LogP contribution in [-0.2, 0) is 9.53 Å². The molecule has 0 aliphatic rings. The number of aliphatic imine (C=N–C) groups is 1. The minimum absolute atomic E-state index is 0.0478. The van der Waals surface area contributed by atoms with Crippen molar-refractivity contribution in [3.63, 3.8) is 0 Å². The first-order valence-corrected chi connectivity index (χ1v) is 9.51. The lowest BCUT2D eigenvalue weighted by Gasteiger charge is -2.14. The summed E-state index contributed by atoms with van der Waals surface area (Å²) in [6, 6.07) is 10.4. The minimum Gasteiger partial charge on any atom is -0.374 e. The molecular weight excluding hydrogens is 328 g/mol. The summed E-state index contributed by atoms with van der Waals surface area (Å²) in [6.45, 7) is 10.7. The quantitative estimate of drug-likeness (QED) is 0.321. The van der Waals surface area contributed by atoms with Gasteiger partial charge in [0.05, 0.1) is 6.10 Å². The molecule has 0 aliphatic heterocycles. The standard InChI is InChI=1S/C20H34N4O2/c1-5-21-20(23-14-12-19(25)24-16(2)3)22-13-9-15-26-17(4)18-10-7-6-8-11-18/h6-8,10-11,16-17H,5,9,12-15H2,1-4H3,(H,24,25)(H2,21,22,23). The van der Waals surface area contributed by atoms with Crippen LogP contribution in [0.3, 0.4) is 0 Å². The Kier molecular flexibility index (Phi) is 11.1. The highest BCUT2D eigenvalue weighted by atomic mass is 16.5. The molecule has 0 saturated carbocycles. The van der Waals surface area contributed by atoms with Crippen molar-refractivity contribution in [1.29, 1.82) is 0 Å². The van der Waals surface area contributed by atoms with Crippen LogP contribution in [-0.4, -0.2) is 44.1 Å².